The third-order valence-corrected chi connectivity index (χ3v) is 3.56. The summed E-state index contributed by atoms with van der Waals surface area (Å²) in [6.07, 6.45) is 1.46. The lowest BCUT2D eigenvalue weighted by atomic mass is 10.2. The van der Waals surface area contributed by atoms with Crippen LogP contribution in [0.4, 0.5) is 17.1 Å². The molecule has 0 aliphatic carbocycles. The van der Waals surface area contributed by atoms with Gasteiger partial charge in [-0.2, -0.15) is 0 Å². The summed E-state index contributed by atoms with van der Waals surface area (Å²) in [5.41, 5.74) is 2.42. The first-order valence-electron chi connectivity index (χ1n) is 7.63. The Morgan fingerprint density at radius 1 is 0.880 bits per heavy atom. The van der Waals surface area contributed by atoms with Crippen molar-refractivity contribution in [3.05, 3.63) is 66.6 Å². The van der Waals surface area contributed by atoms with E-state index >= 15 is 0 Å². The summed E-state index contributed by atoms with van der Waals surface area (Å²) in [5, 5.41) is 6.04. The van der Waals surface area contributed by atoms with Crippen LogP contribution in [0.3, 0.4) is 0 Å². The van der Waals surface area contributed by atoms with Crippen LogP contribution in [0.25, 0.3) is 0 Å². The molecule has 0 atom stereocenters. The van der Waals surface area contributed by atoms with E-state index in [1.807, 2.05) is 42.5 Å². The molecule has 1 amide bonds. The van der Waals surface area contributed by atoms with Crippen molar-refractivity contribution in [2.75, 3.05) is 24.9 Å². The van der Waals surface area contributed by atoms with Crippen molar-refractivity contribution < 1.29 is 18.7 Å². The molecule has 0 spiro atoms. The topological polar surface area (TPSA) is 72.7 Å². The normalized spacial score (nSPS) is 10.2. The van der Waals surface area contributed by atoms with E-state index in [1.54, 1.807) is 26.4 Å². The van der Waals surface area contributed by atoms with Gasteiger partial charge < -0.3 is 24.5 Å². The minimum absolute atomic E-state index is 0.271. The Morgan fingerprint density at radius 3 is 2.20 bits per heavy atom. The minimum atomic E-state index is -0.286. The first kappa shape index (κ1) is 16.4. The third-order valence-electron chi connectivity index (χ3n) is 3.56. The largest absolute Gasteiger partial charge is 0.493 e. The molecule has 0 fully saturated rings. The Bertz CT molecular complexity index is 842. The number of methoxy groups -OCH3 is 2. The van der Waals surface area contributed by atoms with Crippen LogP contribution in [0, 0.1) is 0 Å². The molecule has 6 heteroatoms. The average molecular weight is 338 g/mol. The van der Waals surface area contributed by atoms with E-state index in [0.717, 1.165) is 11.4 Å². The van der Waals surface area contributed by atoms with E-state index in [0.29, 0.717) is 17.2 Å². The highest BCUT2D eigenvalue weighted by Gasteiger charge is 2.09. The Morgan fingerprint density at radius 2 is 1.56 bits per heavy atom. The van der Waals surface area contributed by atoms with Gasteiger partial charge in [-0.05, 0) is 48.5 Å². The Hall–Kier alpha value is -3.41. The highest BCUT2D eigenvalue weighted by Crippen LogP contribution is 2.31. The molecule has 2 N–H and O–H groups in total. The maximum atomic E-state index is 11.9. The summed E-state index contributed by atoms with van der Waals surface area (Å²) >= 11 is 0. The van der Waals surface area contributed by atoms with E-state index in [4.69, 9.17) is 13.9 Å². The van der Waals surface area contributed by atoms with E-state index in [-0.39, 0.29) is 11.7 Å². The number of carbonyl (C=O) groups is 1. The first-order valence-corrected chi connectivity index (χ1v) is 7.63. The zero-order valence-electron chi connectivity index (χ0n) is 13.9. The van der Waals surface area contributed by atoms with Gasteiger partial charge in [0, 0.05) is 23.1 Å². The van der Waals surface area contributed by atoms with Crippen molar-refractivity contribution in [1.82, 2.24) is 0 Å². The van der Waals surface area contributed by atoms with Gasteiger partial charge in [0.05, 0.1) is 20.5 Å². The summed E-state index contributed by atoms with van der Waals surface area (Å²) in [5.74, 6) is 1.30. The standard InChI is InChI=1S/C19H18N2O4/c1-23-16-10-9-15(12-18(16)24-2)20-13-5-7-14(8-6-13)21-19(22)17-4-3-11-25-17/h3-12,20H,1-2H3,(H,21,22). The summed E-state index contributed by atoms with van der Waals surface area (Å²) in [7, 11) is 3.19. The number of rotatable bonds is 6. The molecule has 0 aliphatic heterocycles. The van der Waals surface area contributed by atoms with Gasteiger partial charge >= 0.3 is 0 Å². The Balaban J connectivity index is 1.67. The van der Waals surface area contributed by atoms with Crippen LogP contribution in [0.15, 0.2) is 65.3 Å². The lowest BCUT2D eigenvalue weighted by molar-refractivity contribution is 0.0996. The number of ether oxygens (including phenoxy) is 2. The van der Waals surface area contributed by atoms with Gasteiger partial charge in [-0.3, -0.25) is 4.79 Å². The van der Waals surface area contributed by atoms with Gasteiger partial charge in [0.1, 0.15) is 0 Å². The minimum Gasteiger partial charge on any atom is -0.493 e. The molecule has 0 aliphatic rings. The van der Waals surface area contributed by atoms with Crippen molar-refractivity contribution in [2.24, 2.45) is 0 Å². The fourth-order valence-corrected chi connectivity index (χ4v) is 2.32. The van der Waals surface area contributed by atoms with Crippen molar-refractivity contribution in [3.63, 3.8) is 0 Å². The van der Waals surface area contributed by atoms with E-state index in [9.17, 15) is 4.79 Å². The first-order chi connectivity index (χ1) is 12.2. The molecule has 2 aromatic carbocycles. The molecule has 6 nitrogen and oxygen atoms in total. The predicted molar refractivity (Wildman–Crippen MR) is 95.9 cm³/mol. The molecule has 0 unspecified atom stereocenters. The van der Waals surface area contributed by atoms with Crippen LogP contribution in [-0.4, -0.2) is 20.1 Å². The smallest absolute Gasteiger partial charge is 0.291 e. The lowest BCUT2D eigenvalue weighted by Gasteiger charge is -2.12. The maximum Gasteiger partial charge on any atom is 0.291 e. The monoisotopic (exact) mass is 338 g/mol. The average Bonchev–Trinajstić information content (AvgIpc) is 3.18. The second-order valence-corrected chi connectivity index (χ2v) is 5.20. The van der Waals surface area contributed by atoms with Gasteiger partial charge in [-0.15, -0.1) is 0 Å². The molecule has 3 rings (SSSR count). The number of benzene rings is 2. The quantitative estimate of drug-likeness (QED) is 0.701. The number of hydrogen-bond donors (Lipinski definition) is 2. The van der Waals surface area contributed by atoms with E-state index in [1.165, 1.54) is 6.26 Å². The molecular weight excluding hydrogens is 320 g/mol. The van der Waals surface area contributed by atoms with Gasteiger partial charge in [-0.25, -0.2) is 0 Å². The summed E-state index contributed by atoms with van der Waals surface area (Å²) in [6, 6.07) is 16.2. The molecule has 0 radical (unpaired) electrons. The van der Waals surface area contributed by atoms with Gasteiger partial charge in [0.2, 0.25) is 0 Å². The maximum absolute atomic E-state index is 11.9. The van der Waals surface area contributed by atoms with Crippen molar-refractivity contribution in [3.8, 4) is 11.5 Å². The molecule has 25 heavy (non-hydrogen) atoms. The van der Waals surface area contributed by atoms with E-state index in [2.05, 4.69) is 10.6 Å². The van der Waals surface area contributed by atoms with E-state index < -0.39 is 0 Å². The highest BCUT2D eigenvalue weighted by atomic mass is 16.5. The van der Waals surface area contributed by atoms with Crippen molar-refractivity contribution in [2.45, 2.75) is 0 Å². The molecular formula is C19H18N2O4. The van der Waals surface area contributed by atoms with Gasteiger partial charge in [0.15, 0.2) is 17.3 Å². The zero-order chi connectivity index (χ0) is 17.6. The summed E-state index contributed by atoms with van der Waals surface area (Å²) < 4.78 is 15.6. The molecule has 128 valence electrons. The molecule has 1 aromatic heterocycles. The molecule has 0 bridgehead atoms. The number of hydrogen-bond acceptors (Lipinski definition) is 5. The summed E-state index contributed by atoms with van der Waals surface area (Å²) in [4.78, 5) is 11.9. The highest BCUT2D eigenvalue weighted by molar-refractivity contribution is 6.02. The molecule has 1 heterocycles. The van der Waals surface area contributed by atoms with Crippen LogP contribution < -0.4 is 20.1 Å². The van der Waals surface area contributed by atoms with Crippen LogP contribution >= 0.6 is 0 Å². The van der Waals surface area contributed by atoms with Crippen LogP contribution in [0.5, 0.6) is 11.5 Å². The second-order valence-electron chi connectivity index (χ2n) is 5.20. The van der Waals surface area contributed by atoms with Crippen LogP contribution in [-0.2, 0) is 0 Å². The molecule has 3 aromatic rings. The Kier molecular flexibility index (Phi) is 4.89. The number of nitrogens with one attached hydrogen (secondary N) is 2. The number of anilines is 3. The van der Waals surface area contributed by atoms with Gasteiger partial charge in [0.25, 0.3) is 5.91 Å². The summed E-state index contributed by atoms with van der Waals surface area (Å²) in [6.45, 7) is 0. The van der Waals surface area contributed by atoms with Gasteiger partial charge in [-0.1, -0.05) is 0 Å². The number of amides is 1. The number of furan rings is 1. The van der Waals surface area contributed by atoms with Crippen LogP contribution in [0.2, 0.25) is 0 Å². The zero-order valence-corrected chi connectivity index (χ0v) is 13.9. The van der Waals surface area contributed by atoms with Crippen molar-refractivity contribution >= 4 is 23.0 Å². The predicted octanol–water partition coefficient (Wildman–Crippen LogP) is 4.29. The van der Waals surface area contributed by atoms with Crippen LogP contribution in [0.1, 0.15) is 10.6 Å². The molecule has 0 saturated heterocycles. The fraction of sp³-hybridized carbons (Fsp3) is 0.105. The lowest BCUT2D eigenvalue weighted by Crippen LogP contribution is -2.10. The second kappa shape index (κ2) is 7.44. The SMILES string of the molecule is COc1ccc(Nc2ccc(NC(=O)c3ccco3)cc2)cc1OC. The van der Waals surface area contributed by atoms with Crippen molar-refractivity contribution in [1.29, 1.82) is 0 Å². The number of carbonyl (C=O) groups excluding carboxylic acids is 1. The molecule has 0 saturated carbocycles. The fourth-order valence-electron chi connectivity index (χ4n) is 2.32. The Labute approximate surface area is 145 Å². The third kappa shape index (κ3) is 3.92.